The van der Waals surface area contributed by atoms with Crippen LogP contribution in [0.1, 0.15) is 38.7 Å². The zero-order chi connectivity index (χ0) is 21.3. The number of rotatable bonds is 11. The van der Waals surface area contributed by atoms with E-state index in [0.29, 0.717) is 18.2 Å². The number of nitrogens with zero attached hydrogens (tertiary/aromatic N) is 2. The van der Waals surface area contributed by atoms with Gasteiger partial charge in [-0.1, -0.05) is 19.1 Å². The van der Waals surface area contributed by atoms with Crippen LogP contribution in [0.4, 0.5) is 5.69 Å². The molecular formula is C21H36N4O3S. The number of carbonyl (C=O) groups is 1. The van der Waals surface area contributed by atoms with Gasteiger partial charge in [0.2, 0.25) is 15.9 Å². The third-order valence-corrected chi connectivity index (χ3v) is 5.97. The Morgan fingerprint density at radius 1 is 1.21 bits per heavy atom. The van der Waals surface area contributed by atoms with E-state index in [0.717, 1.165) is 64.8 Å². The van der Waals surface area contributed by atoms with Crippen LogP contribution >= 0.6 is 0 Å². The van der Waals surface area contributed by atoms with Crippen molar-refractivity contribution in [2.24, 2.45) is 0 Å². The molecule has 8 heteroatoms. The predicted octanol–water partition coefficient (Wildman–Crippen LogP) is 1.91. The molecule has 1 amide bonds. The van der Waals surface area contributed by atoms with Crippen LogP contribution in [-0.4, -0.2) is 75.7 Å². The van der Waals surface area contributed by atoms with Crippen LogP contribution in [0.3, 0.4) is 0 Å². The minimum atomic E-state index is -3.24. The maximum absolute atomic E-state index is 12.0. The highest BCUT2D eigenvalue weighted by Crippen LogP contribution is 2.15. The molecule has 164 valence electrons. The summed E-state index contributed by atoms with van der Waals surface area (Å²) in [6, 6.07) is 7.99. The van der Waals surface area contributed by atoms with Gasteiger partial charge >= 0.3 is 0 Å². The van der Waals surface area contributed by atoms with Crippen LogP contribution in [-0.2, 0) is 21.2 Å². The topological polar surface area (TPSA) is 81.8 Å². The number of hydrogen-bond donors (Lipinski definition) is 2. The number of amides is 1. The number of hydrogen-bond acceptors (Lipinski definition) is 5. The molecule has 1 heterocycles. The highest BCUT2D eigenvalue weighted by molar-refractivity contribution is 7.92. The van der Waals surface area contributed by atoms with Gasteiger partial charge in [0, 0.05) is 44.3 Å². The molecule has 1 aromatic carbocycles. The molecule has 0 radical (unpaired) electrons. The van der Waals surface area contributed by atoms with E-state index in [1.165, 1.54) is 5.56 Å². The van der Waals surface area contributed by atoms with Crippen LogP contribution in [0.15, 0.2) is 24.3 Å². The zero-order valence-corrected chi connectivity index (χ0v) is 18.8. The number of likely N-dealkylation sites (N-methyl/N-ethyl adjacent to an activating group) is 1. The summed E-state index contributed by atoms with van der Waals surface area (Å²) >= 11 is 0. The van der Waals surface area contributed by atoms with Crippen LogP contribution in [0.2, 0.25) is 0 Å². The molecule has 0 bridgehead atoms. The van der Waals surface area contributed by atoms with Gasteiger partial charge in [0.25, 0.3) is 0 Å². The van der Waals surface area contributed by atoms with Crippen molar-refractivity contribution in [1.29, 1.82) is 0 Å². The van der Waals surface area contributed by atoms with Crippen molar-refractivity contribution in [2.75, 3.05) is 50.2 Å². The van der Waals surface area contributed by atoms with Crippen molar-refractivity contribution >= 4 is 21.6 Å². The fraction of sp³-hybridized carbons (Fsp3) is 0.667. The van der Waals surface area contributed by atoms with Gasteiger partial charge in [-0.2, -0.15) is 0 Å². The van der Waals surface area contributed by atoms with Gasteiger partial charge in [-0.05, 0) is 57.0 Å². The van der Waals surface area contributed by atoms with Crippen molar-refractivity contribution in [3.8, 4) is 0 Å². The standard InChI is InChI=1S/C21H36N4O3S/c1-4-24(14-5-6-15-25-16-13-22-12-11-21(25)26)18(2)17-19-7-9-20(10-8-19)23-29(3,27)28/h7-10,18,22-23H,4-6,11-17H2,1-3H3. The molecule has 1 aromatic rings. The molecule has 29 heavy (non-hydrogen) atoms. The summed E-state index contributed by atoms with van der Waals surface area (Å²) in [6.07, 6.45) is 4.79. The smallest absolute Gasteiger partial charge is 0.229 e. The van der Waals surface area contributed by atoms with E-state index in [9.17, 15) is 13.2 Å². The third-order valence-electron chi connectivity index (χ3n) is 5.37. The summed E-state index contributed by atoms with van der Waals surface area (Å²) in [5.74, 6) is 0.268. The highest BCUT2D eigenvalue weighted by atomic mass is 32.2. The lowest BCUT2D eigenvalue weighted by Crippen LogP contribution is -2.36. The lowest BCUT2D eigenvalue weighted by atomic mass is 10.1. The summed E-state index contributed by atoms with van der Waals surface area (Å²) < 4.78 is 25.1. The molecule has 0 spiro atoms. The fourth-order valence-corrected chi connectivity index (χ4v) is 4.32. The summed E-state index contributed by atoms with van der Waals surface area (Å²) in [7, 11) is -3.24. The van der Waals surface area contributed by atoms with E-state index in [4.69, 9.17) is 0 Å². The van der Waals surface area contributed by atoms with Gasteiger partial charge in [-0.15, -0.1) is 0 Å². The van der Waals surface area contributed by atoms with Crippen LogP contribution < -0.4 is 10.0 Å². The highest BCUT2D eigenvalue weighted by Gasteiger charge is 2.16. The average Bonchev–Trinajstić information content (AvgIpc) is 2.86. The van der Waals surface area contributed by atoms with Crippen LogP contribution in [0, 0.1) is 0 Å². The summed E-state index contributed by atoms with van der Waals surface area (Å²) in [6.45, 7) is 9.77. The van der Waals surface area contributed by atoms with E-state index in [2.05, 4.69) is 28.8 Å². The molecule has 1 atom stereocenters. The molecule has 7 nitrogen and oxygen atoms in total. The Hall–Kier alpha value is -1.64. The fourth-order valence-electron chi connectivity index (χ4n) is 3.75. The Morgan fingerprint density at radius 3 is 2.59 bits per heavy atom. The number of anilines is 1. The monoisotopic (exact) mass is 424 g/mol. The number of sulfonamides is 1. The van der Waals surface area contributed by atoms with Gasteiger partial charge < -0.3 is 15.1 Å². The SMILES string of the molecule is CCN(CCCCN1CCNCCC1=O)C(C)Cc1ccc(NS(C)(=O)=O)cc1. The maximum atomic E-state index is 12.0. The first kappa shape index (κ1) is 23.6. The molecule has 1 saturated heterocycles. The van der Waals surface area contributed by atoms with Crippen molar-refractivity contribution in [3.05, 3.63) is 29.8 Å². The Labute approximate surface area is 175 Å². The van der Waals surface area contributed by atoms with E-state index in [1.54, 1.807) is 0 Å². The number of unbranched alkanes of at least 4 members (excludes halogenated alkanes) is 1. The van der Waals surface area contributed by atoms with Gasteiger partial charge in [0.1, 0.15) is 0 Å². The molecular weight excluding hydrogens is 388 g/mol. The molecule has 2 rings (SSSR count). The van der Waals surface area contributed by atoms with Gasteiger partial charge in [0.15, 0.2) is 0 Å². The normalized spacial score (nSPS) is 16.7. The average molecular weight is 425 g/mol. The van der Waals surface area contributed by atoms with Crippen molar-refractivity contribution < 1.29 is 13.2 Å². The number of benzene rings is 1. The van der Waals surface area contributed by atoms with E-state index < -0.39 is 10.0 Å². The first-order valence-corrected chi connectivity index (χ1v) is 12.5. The Balaban J connectivity index is 1.76. The molecule has 1 fully saturated rings. The third kappa shape index (κ3) is 8.72. The van der Waals surface area contributed by atoms with Gasteiger partial charge in [-0.25, -0.2) is 8.42 Å². The molecule has 1 aliphatic rings. The Kier molecular flexibility index (Phi) is 9.39. The summed E-state index contributed by atoms with van der Waals surface area (Å²) in [4.78, 5) is 16.5. The first-order valence-electron chi connectivity index (χ1n) is 10.6. The summed E-state index contributed by atoms with van der Waals surface area (Å²) in [5.41, 5.74) is 1.78. The van der Waals surface area contributed by atoms with E-state index >= 15 is 0 Å². The second kappa shape index (κ2) is 11.5. The molecule has 1 aliphatic heterocycles. The maximum Gasteiger partial charge on any atom is 0.229 e. The second-order valence-corrected chi connectivity index (χ2v) is 9.59. The van der Waals surface area contributed by atoms with Crippen LogP contribution in [0.25, 0.3) is 0 Å². The van der Waals surface area contributed by atoms with Gasteiger partial charge in [-0.3, -0.25) is 9.52 Å². The number of nitrogens with one attached hydrogen (secondary N) is 2. The first-order chi connectivity index (χ1) is 13.8. The number of carbonyl (C=O) groups excluding carboxylic acids is 1. The van der Waals surface area contributed by atoms with E-state index in [-0.39, 0.29) is 5.91 Å². The lowest BCUT2D eigenvalue weighted by molar-refractivity contribution is -0.130. The minimum Gasteiger partial charge on any atom is -0.341 e. The molecule has 0 aromatic heterocycles. The largest absolute Gasteiger partial charge is 0.341 e. The molecule has 2 N–H and O–H groups in total. The predicted molar refractivity (Wildman–Crippen MR) is 119 cm³/mol. The van der Waals surface area contributed by atoms with Crippen LogP contribution in [0.5, 0.6) is 0 Å². The van der Waals surface area contributed by atoms with E-state index in [1.807, 2.05) is 29.2 Å². The van der Waals surface area contributed by atoms with Crippen molar-refractivity contribution in [1.82, 2.24) is 15.1 Å². The molecule has 0 saturated carbocycles. The zero-order valence-electron chi connectivity index (χ0n) is 18.0. The van der Waals surface area contributed by atoms with Crippen molar-refractivity contribution in [2.45, 2.75) is 45.6 Å². The summed E-state index contributed by atoms with van der Waals surface area (Å²) in [5, 5.41) is 3.27. The Morgan fingerprint density at radius 2 is 1.93 bits per heavy atom. The minimum absolute atomic E-state index is 0.268. The van der Waals surface area contributed by atoms with Crippen molar-refractivity contribution in [3.63, 3.8) is 0 Å². The molecule has 1 unspecified atom stereocenters. The molecule has 0 aliphatic carbocycles. The quantitative estimate of drug-likeness (QED) is 0.531. The Bertz CT molecular complexity index is 737. The second-order valence-electron chi connectivity index (χ2n) is 7.84. The van der Waals surface area contributed by atoms with Gasteiger partial charge in [0.05, 0.1) is 6.26 Å². The lowest BCUT2D eigenvalue weighted by Gasteiger charge is -2.28.